The number of nitrogens with zero attached hydrogens (tertiary/aromatic N) is 1. The van der Waals surface area contributed by atoms with Crippen LogP contribution in [0.3, 0.4) is 0 Å². The zero-order valence-corrected chi connectivity index (χ0v) is 14.1. The Balaban J connectivity index is 2.00. The lowest BCUT2D eigenvalue weighted by Crippen LogP contribution is -2.23. The molecule has 1 heterocycles. The number of aromatic nitrogens is 1. The molecule has 1 amide bonds. The lowest BCUT2D eigenvalue weighted by Gasteiger charge is -2.19. The van der Waals surface area contributed by atoms with Crippen LogP contribution in [0.5, 0.6) is 0 Å². The van der Waals surface area contributed by atoms with Gasteiger partial charge in [0.25, 0.3) is 5.91 Å². The summed E-state index contributed by atoms with van der Waals surface area (Å²) < 4.78 is 0. The van der Waals surface area contributed by atoms with Gasteiger partial charge in [-0.1, -0.05) is 32.9 Å². The molecule has 3 nitrogen and oxygen atoms in total. The molecule has 0 fully saturated rings. The van der Waals surface area contributed by atoms with Crippen LogP contribution in [0.25, 0.3) is 0 Å². The largest absolute Gasteiger partial charge is 0.346 e. The first-order valence-electron chi connectivity index (χ1n) is 7.09. The van der Waals surface area contributed by atoms with Crippen LogP contribution in [0.2, 0.25) is 0 Å². The predicted octanol–water partition coefficient (Wildman–Crippen LogP) is 3.99. The molecule has 0 unspecified atom stereocenters. The monoisotopic (exact) mass is 302 g/mol. The van der Waals surface area contributed by atoms with Gasteiger partial charge >= 0.3 is 0 Å². The molecule has 21 heavy (non-hydrogen) atoms. The number of carbonyl (C=O) groups excluding carboxylic acids is 1. The first-order valence-corrected chi connectivity index (χ1v) is 7.90. The van der Waals surface area contributed by atoms with Crippen molar-refractivity contribution in [1.29, 1.82) is 0 Å². The molecule has 0 atom stereocenters. The van der Waals surface area contributed by atoms with Crippen LogP contribution in [0.15, 0.2) is 24.3 Å². The van der Waals surface area contributed by atoms with Gasteiger partial charge in [0, 0.05) is 10.4 Å². The molecule has 112 valence electrons. The normalized spacial score (nSPS) is 11.5. The number of amides is 1. The molecule has 0 aliphatic rings. The van der Waals surface area contributed by atoms with Crippen LogP contribution in [0.1, 0.15) is 52.3 Å². The number of hydrogen-bond donors (Lipinski definition) is 1. The quantitative estimate of drug-likeness (QED) is 0.931. The fourth-order valence-electron chi connectivity index (χ4n) is 1.99. The van der Waals surface area contributed by atoms with E-state index in [1.54, 1.807) is 11.3 Å². The van der Waals surface area contributed by atoms with Crippen molar-refractivity contribution in [2.75, 3.05) is 0 Å². The average molecular weight is 302 g/mol. The van der Waals surface area contributed by atoms with Crippen molar-refractivity contribution >= 4 is 17.2 Å². The van der Waals surface area contributed by atoms with E-state index in [9.17, 15) is 4.79 Å². The summed E-state index contributed by atoms with van der Waals surface area (Å²) in [6.07, 6.45) is 0. The summed E-state index contributed by atoms with van der Waals surface area (Å²) in [5, 5.41) is 3.87. The van der Waals surface area contributed by atoms with Gasteiger partial charge in [0.1, 0.15) is 5.01 Å². The van der Waals surface area contributed by atoms with Gasteiger partial charge in [-0.25, -0.2) is 4.98 Å². The molecule has 4 heteroatoms. The predicted molar refractivity (Wildman–Crippen MR) is 87.9 cm³/mol. The highest BCUT2D eigenvalue weighted by atomic mass is 32.1. The van der Waals surface area contributed by atoms with Crippen LogP contribution in [0.4, 0.5) is 0 Å². The summed E-state index contributed by atoms with van der Waals surface area (Å²) in [5.41, 5.74) is 3.06. The van der Waals surface area contributed by atoms with E-state index >= 15 is 0 Å². The molecule has 2 aromatic rings. The molecule has 0 saturated carbocycles. The van der Waals surface area contributed by atoms with E-state index in [1.807, 2.05) is 38.1 Å². The summed E-state index contributed by atoms with van der Waals surface area (Å²) >= 11 is 1.63. The van der Waals surface area contributed by atoms with Gasteiger partial charge in [-0.05, 0) is 37.0 Å². The third kappa shape index (κ3) is 3.91. The minimum Gasteiger partial charge on any atom is -0.346 e. The molecule has 0 radical (unpaired) electrons. The third-order valence-electron chi connectivity index (χ3n) is 3.49. The molecule has 0 bridgehead atoms. The van der Waals surface area contributed by atoms with Gasteiger partial charge in [0.2, 0.25) is 0 Å². The van der Waals surface area contributed by atoms with Gasteiger partial charge < -0.3 is 5.32 Å². The van der Waals surface area contributed by atoms with Gasteiger partial charge in [0.15, 0.2) is 0 Å². The van der Waals surface area contributed by atoms with E-state index in [2.05, 4.69) is 31.1 Å². The summed E-state index contributed by atoms with van der Waals surface area (Å²) in [4.78, 5) is 17.8. The Labute approximate surface area is 130 Å². The van der Waals surface area contributed by atoms with Crippen LogP contribution >= 0.6 is 11.3 Å². The molecule has 0 aliphatic heterocycles. The average Bonchev–Trinajstić information content (AvgIpc) is 2.74. The number of rotatable bonds is 3. The second-order valence-corrected chi connectivity index (χ2v) is 7.55. The zero-order chi connectivity index (χ0) is 15.6. The van der Waals surface area contributed by atoms with Crippen LogP contribution < -0.4 is 5.32 Å². The first kappa shape index (κ1) is 15.7. The lowest BCUT2D eigenvalue weighted by atomic mass is 9.87. The lowest BCUT2D eigenvalue weighted by molar-refractivity contribution is 0.0951. The Morgan fingerprint density at radius 3 is 2.29 bits per heavy atom. The second kappa shape index (κ2) is 5.98. The topological polar surface area (TPSA) is 42.0 Å². The Kier molecular flexibility index (Phi) is 4.47. The van der Waals surface area contributed by atoms with E-state index in [4.69, 9.17) is 0 Å². The second-order valence-electron chi connectivity index (χ2n) is 6.26. The molecular formula is C17H22N2OS. The number of thiazole rings is 1. The fourth-order valence-corrected chi connectivity index (χ4v) is 2.87. The van der Waals surface area contributed by atoms with Crippen LogP contribution in [0, 0.1) is 13.8 Å². The Morgan fingerprint density at radius 2 is 1.81 bits per heavy atom. The number of nitrogens with one attached hydrogen (secondary N) is 1. The van der Waals surface area contributed by atoms with Gasteiger partial charge in [-0.2, -0.15) is 0 Å². The van der Waals surface area contributed by atoms with Crippen molar-refractivity contribution in [2.45, 2.75) is 46.6 Å². The van der Waals surface area contributed by atoms with Crippen molar-refractivity contribution in [1.82, 2.24) is 10.3 Å². The van der Waals surface area contributed by atoms with Crippen molar-refractivity contribution < 1.29 is 4.79 Å². The third-order valence-corrected chi connectivity index (χ3v) is 4.56. The summed E-state index contributed by atoms with van der Waals surface area (Å²) in [6, 6.07) is 7.81. The minimum absolute atomic E-state index is 0.0547. The number of carbonyl (C=O) groups is 1. The van der Waals surface area contributed by atoms with Gasteiger partial charge in [-0.3, -0.25) is 4.79 Å². The maximum absolute atomic E-state index is 12.1. The zero-order valence-electron chi connectivity index (χ0n) is 13.3. The van der Waals surface area contributed by atoms with Crippen molar-refractivity contribution in [3.8, 4) is 0 Å². The maximum Gasteiger partial charge on any atom is 0.251 e. The van der Waals surface area contributed by atoms with Crippen molar-refractivity contribution in [3.63, 3.8) is 0 Å². The van der Waals surface area contributed by atoms with Crippen molar-refractivity contribution in [2.24, 2.45) is 0 Å². The standard InChI is InChI=1S/C17H22N2OS/c1-11-12(2)21-15(19-11)10-18-16(20)13-6-8-14(9-7-13)17(3,4)5/h6-9H,10H2,1-5H3,(H,18,20). The van der Waals surface area contributed by atoms with E-state index in [1.165, 1.54) is 10.4 Å². The molecular weight excluding hydrogens is 280 g/mol. The SMILES string of the molecule is Cc1nc(CNC(=O)c2ccc(C(C)(C)C)cc2)sc1C. The summed E-state index contributed by atoms with van der Waals surface area (Å²) in [6.45, 7) is 11.0. The molecule has 1 aromatic heterocycles. The number of aryl methyl sites for hydroxylation is 2. The van der Waals surface area contributed by atoms with Gasteiger partial charge in [-0.15, -0.1) is 11.3 Å². The smallest absolute Gasteiger partial charge is 0.251 e. The molecule has 0 aliphatic carbocycles. The Hall–Kier alpha value is -1.68. The maximum atomic E-state index is 12.1. The van der Waals surface area contributed by atoms with E-state index in [0.717, 1.165) is 10.7 Å². The molecule has 2 rings (SSSR count). The first-order chi connectivity index (χ1) is 9.77. The highest BCUT2D eigenvalue weighted by Gasteiger charge is 2.14. The minimum atomic E-state index is -0.0547. The Bertz CT molecular complexity index is 616. The summed E-state index contributed by atoms with van der Waals surface area (Å²) in [7, 11) is 0. The van der Waals surface area contributed by atoms with E-state index in [0.29, 0.717) is 12.1 Å². The fraction of sp³-hybridized carbons (Fsp3) is 0.412. The highest BCUT2D eigenvalue weighted by molar-refractivity contribution is 7.11. The van der Waals surface area contributed by atoms with E-state index < -0.39 is 0 Å². The van der Waals surface area contributed by atoms with Gasteiger partial charge in [0.05, 0.1) is 12.2 Å². The molecule has 1 N–H and O–H groups in total. The molecule has 1 aromatic carbocycles. The highest BCUT2D eigenvalue weighted by Crippen LogP contribution is 2.22. The molecule has 0 spiro atoms. The number of hydrogen-bond acceptors (Lipinski definition) is 3. The number of benzene rings is 1. The Morgan fingerprint density at radius 1 is 1.19 bits per heavy atom. The van der Waals surface area contributed by atoms with Crippen LogP contribution in [-0.2, 0) is 12.0 Å². The van der Waals surface area contributed by atoms with E-state index in [-0.39, 0.29) is 11.3 Å². The van der Waals surface area contributed by atoms with Crippen LogP contribution in [-0.4, -0.2) is 10.9 Å². The molecule has 0 saturated heterocycles. The summed E-state index contributed by atoms with van der Waals surface area (Å²) in [5.74, 6) is -0.0547. The van der Waals surface area contributed by atoms with Crippen molar-refractivity contribution in [3.05, 3.63) is 51.0 Å².